The second kappa shape index (κ2) is 3.70. The highest BCUT2D eigenvalue weighted by Gasteiger charge is 2.58. The fraction of sp³-hybridized carbons (Fsp3) is 0.438. The van der Waals surface area contributed by atoms with E-state index in [0.717, 1.165) is 24.8 Å². The topological polar surface area (TPSA) is 41.6 Å². The van der Waals surface area contributed by atoms with Gasteiger partial charge in [0.2, 0.25) is 5.91 Å². The van der Waals surface area contributed by atoms with Crippen molar-refractivity contribution in [1.29, 1.82) is 0 Å². The van der Waals surface area contributed by atoms with Gasteiger partial charge in [-0.1, -0.05) is 30.3 Å². The van der Waals surface area contributed by atoms with E-state index in [9.17, 15) is 4.79 Å². The lowest BCUT2D eigenvalue weighted by molar-refractivity contribution is -0.117. The lowest BCUT2D eigenvalue weighted by Crippen LogP contribution is -2.31. The first-order valence-electron chi connectivity index (χ1n) is 6.90. The fourth-order valence-electron chi connectivity index (χ4n) is 3.43. The number of hydrogen-bond acceptors (Lipinski definition) is 2. The van der Waals surface area contributed by atoms with Gasteiger partial charge in [-0.2, -0.15) is 0 Å². The number of nitrogens with one attached hydrogen (secondary N) is 1. The Bertz CT molecular complexity index is 578. The van der Waals surface area contributed by atoms with E-state index in [-0.39, 0.29) is 23.7 Å². The number of hydrogen-bond donors (Lipinski definition) is 1. The molecule has 0 saturated carbocycles. The average molecular weight is 255 g/mol. The molecule has 1 amide bonds. The summed E-state index contributed by atoms with van der Waals surface area (Å²) in [5.41, 5.74) is 3.54. The lowest BCUT2D eigenvalue weighted by Gasteiger charge is -2.20. The number of amides is 1. The Hall–Kier alpha value is -1.61. The van der Waals surface area contributed by atoms with Crippen molar-refractivity contribution in [1.82, 2.24) is 5.32 Å². The minimum atomic E-state index is 0.0000706. The van der Waals surface area contributed by atoms with Crippen LogP contribution in [-0.4, -0.2) is 23.7 Å². The lowest BCUT2D eigenvalue weighted by atomic mass is 9.82. The molecular weight excluding hydrogens is 238 g/mol. The smallest absolute Gasteiger partial charge is 0.247 e. The van der Waals surface area contributed by atoms with Crippen LogP contribution in [0.1, 0.15) is 25.3 Å². The molecule has 19 heavy (non-hydrogen) atoms. The van der Waals surface area contributed by atoms with Gasteiger partial charge in [0, 0.05) is 18.4 Å². The third-order valence-corrected chi connectivity index (χ3v) is 4.64. The van der Waals surface area contributed by atoms with Gasteiger partial charge < -0.3 is 10.1 Å². The van der Waals surface area contributed by atoms with Crippen LogP contribution in [0.5, 0.6) is 0 Å². The molecule has 3 nitrogen and oxygen atoms in total. The maximum Gasteiger partial charge on any atom is 0.247 e. The van der Waals surface area contributed by atoms with Gasteiger partial charge in [-0.05, 0) is 24.5 Å². The summed E-state index contributed by atoms with van der Waals surface area (Å²) in [5.74, 6) is 0.119. The van der Waals surface area contributed by atoms with E-state index in [1.54, 1.807) is 0 Å². The summed E-state index contributed by atoms with van der Waals surface area (Å²) in [4.78, 5) is 12.1. The summed E-state index contributed by atoms with van der Waals surface area (Å²) in [6.07, 6.45) is 2.85. The molecule has 1 aliphatic carbocycles. The highest BCUT2D eigenvalue weighted by atomic mass is 16.6. The van der Waals surface area contributed by atoms with Crippen LogP contribution >= 0.6 is 0 Å². The normalized spacial score (nSPS) is 35.7. The first kappa shape index (κ1) is 11.2. The number of benzene rings is 1. The molecule has 2 unspecified atom stereocenters. The van der Waals surface area contributed by atoms with Crippen LogP contribution in [0.15, 0.2) is 41.5 Å². The molecule has 0 radical (unpaired) electrons. The van der Waals surface area contributed by atoms with E-state index in [0.29, 0.717) is 0 Å². The molecule has 1 N–H and O–H groups in total. The second-order valence-electron chi connectivity index (χ2n) is 6.02. The van der Waals surface area contributed by atoms with Crippen molar-refractivity contribution in [3.63, 3.8) is 0 Å². The third kappa shape index (κ3) is 1.72. The van der Waals surface area contributed by atoms with Crippen LogP contribution in [0.4, 0.5) is 0 Å². The van der Waals surface area contributed by atoms with Crippen molar-refractivity contribution < 1.29 is 9.53 Å². The number of fused-ring (bicyclic) bond motifs is 1. The predicted octanol–water partition coefficient (Wildman–Crippen LogP) is 1.98. The van der Waals surface area contributed by atoms with Gasteiger partial charge in [0.05, 0.1) is 17.7 Å². The predicted molar refractivity (Wildman–Crippen MR) is 71.6 cm³/mol. The molecule has 4 rings (SSSR count). The summed E-state index contributed by atoms with van der Waals surface area (Å²) in [6.45, 7) is 2.16. The summed E-state index contributed by atoms with van der Waals surface area (Å²) in [7, 11) is 0. The maximum absolute atomic E-state index is 12.1. The molecule has 1 aromatic carbocycles. The molecular formula is C16H17NO2. The molecule has 98 valence electrons. The molecule has 2 heterocycles. The van der Waals surface area contributed by atoms with E-state index in [1.807, 2.05) is 18.2 Å². The van der Waals surface area contributed by atoms with Gasteiger partial charge in [-0.25, -0.2) is 0 Å². The highest BCUT2D eigenvalue weighted by molar-refractivity contribution is 5.98. The number of ether oxygens (including phenoxy) is 1. The molecule has 3 aliphatic rings. The van der Waals surface area contributed by atoms with Crippen LogP contribution in [0.3, 0.4) is 0 Å². The summed E-state index contributed by atoms with van der Waals surface area (Å²) in [6, 6.07) is 10.5. The summed E-state index contributed by atoms with van der Waals surface area (Å²) >= 11 is 0. The molecule has 3 heteroatoms. The minimum absolute atomic E-state index is 0.0000706. The zero-order valence-corrected chi connectivity index (χ0v) is 11.0. The zero-order valence-electron chi connectivity index (χ0n) is 11.0. The second-order valence-corrected chi connectivity index (χ2v) is 6.02. The van der Waals surface area contributed by atoms with Crippen molar-refractivity contribution >= 4 is 5.91 Å². The Morgan fingerprint density at radius 1 is 1.37 bits per heavy atom. The van der Waals surface area contributed by atoms with Crippen molar-refractivity contribution in [2.75, 3.05) is 0 Å². The number of carbonyl (C=O) groups excluding carboxylic acids is 1. The van der Waals surface area contributed by atoms with Crippen LogP contribution in [0.25, 0.3) is 0 Å². The van der Waals surface area contributed by atoms with Crippen LogP contribution in [0.2, 0.25) is 0 Å². The minimum Gasteiger partial charge on any atom is -0.366 e. The van der Waals surface area contributed by atoms with Crippen molar-refractivity contribution in [2.45, 2.75) is 43.9 Å². The highest BCUT2D eigenvalue weighted by Crippen LogP contribution is 2.51. The fourth-order valence-corrected chi connectivity index (χ4v) is 3.43. The summed E-state index contributed by atoms with van der Waals surface area (Å²) in [5, 5.41) is 3.13. The van der Waals surface area contributed by atoms with Gasteiger partial charge in [0.1, 0.15) is 0 Å². The molecule has 1 aromatic rings. The van der Waals surface area contributed by atoms with Gasteiger partial charge in [-0.3, -0.25) is 4.79 Å². The summed E-state index contributed by atoms with van der Waals surface area (Å²) < 4.78 is 5.73. The van der Waals surface area contributed by atoms with E-state index < -0.39 is 0 Å². The number of epoxide rings is 1. The quantitative estimate of drug-likeness (QED) is 0.821. The molecule has 0 spiro atoms. The first-order valence-corrected chi connectivity index (χ1v) is 6.90. The molecule has 1 fully saturated rings. The van der Waals surface area contributed by atoms with E-state index in [1.165, 1.54) is 11.1 Å². The van der Waals surface area contributed by atoms with Crippen LogP contribution in [0, 0.1) is 0 Å². The van der Waals surface area contributed by atoms with Crippen LogP contribution < -0.4 is 5.32 Å². The molecule has 0 aromatic heterocycles. The van der Waals surface area contributed by atoms with E-state index >= 15 is 0 Å². The maximum atomic E-state index is 12.1. The van der Waals surface area contributed by atoms with Crippen molar-refractivity contribution in [2.24, 2.45) is 0 Å². The Labute approximate surface area is 112 Å². The van der Waals surface area contributed by atoms with Gasteiger partial charge in [0.15, 0.2) is 0 Å². The van der Waals surface area contributed by atoms with Crippen LogP contribution in [-0.2, 0) is 16.0 Å². The van der Waals surface area contributed by atoms with Gasteiger partial charge in [0.25, 0.3) is 0 Å². The first-order chi connectivity index (χ1) is 9.16. The Balaban J connectivity index is 1.61. The van der Waals surface area contributed by atoms with Crippen molar-refractivity contribution in [3.05, 3.63) is 47.0 Å². The Morgan fingerprint density at radius 2 is 2.16 bits per heavy atom. The Morgan fingerprint density at radius 3 is 2.95 bits per heavy atom. The molecule has 1 saturated heterocycles. The van der Waals surface area contributed by atoms with Crippen molar-refractivity contribution in [3.8, 4) is 0 Å². The zero-order chi connectivity index (χ0) is 13.0. The van der Waals surface area contributed by atoms with E-state index in [2.05, 4.69) is 24.4 Å². The average Bonchev–Trinajstić information content (AvgIpc) is 2.99. The van der Waals surface area contributed by atoms with E-state index in [4.69, 9.17) is 4.74 Å². The monoisotopic (exact) mass is 255 g/mol. The molecule has 3 atom stereocenters. The van der Waals surface area contributed by atoms with Gasteiger partial charge >= 0.3 is 0 Å². The van der Waals surface area contributed by atoms with Gasteiger partial charge in [-0.15, -0.1) is 0 Å². The largest absolute Gasteiger partial charge is 0.366 e. The SMILES string of the molecule is CC12CC3=C(CC1O2)C(=O)N[C@H]3Cc1ccccc1. The standard InChI is InChI=1S/C16H17NO2/c1-16-9-12-11(8-14(16)19-16)15(18)17-13(12)7-10-5-3-2-4-6-10/h2-6,13-14H,7-9H2,1H3,(H,17,18)/t13-,14?,16?/m0/s1. The molecule has 2 aliphatic heterocycles. The third-order valence-electron chi connectivity index (χ3n) is 4.64. The molecule has 0 bridgehead atoms. The number of carbonyl (C=O) groups is 1. The Kier molecular flexibility index (Phi) is 2.19. The number of rotatable bonds is 2.